The molecule has 0 bridgehead atoms. The van der Waals surface area contributed by atoms with Crippen molar-refractivity contribution in [3.8, 4) is 5.75 Å². The Morgan fingerprint density at radius 3 is 2.21 bits per heavy atom. The van der Waals surface area contributed by atoms with Crippen molar-refractivity contribution in [3.05, 3.63) is 29.8 Å². The monoisotopic (exact) mass is 196 g/mol. The molecule has 0 saturated heterocycles. The SMILES string of the molecule is CCC(=O)OC.Cc1ccccc1O. The van der Waals surface area contributed by atoms with E-state index in [4.69, 9.17) is 5.11 Å². The number of para-hydroxylation sites is 1. The van der Waals surface area contributed by atoms with Crippen LogP contribution < -0.4 is 0 Å². The Bertz CT molecular complexity index is 255. The van der Waals surface area contributed by atoms with Crippen LogP contribution >= 0.6 is 0 Å². The van der Waals surface area contributed by atoms with Gasteiger partial charge in [0.25, 0.3) is 0 Å². The van der Waals surface area contributed by atoms with E-state index in [1.54, 1.807) is 13.0 Å². The van der Waals surface area contributed by atoms with Crippen LogP contribution in [0.15, 0.2) is 24.3 Å². The van der Waals surface area contributed by atoms with E-state index in [2.05, 4.69) is 4.74 Å². The maximum absolute atomic E-state index is 9.96. The van der Waals surface area contributed by atoms with E-state index in [0.29, 0.717) is 12.2 Å². The summed E-state index contributed by atoms with van der Waals surface area (Å²) in [5, 5.41) is 8.92. The normalized spacial score (nSPS) is 8.50. The topological polar surface area (TPSA) is 46.5 Å². The molecular formula is C11H16O3. The number of esters is 1. The second-order valence-electron chi connectivity index (χ2n) is 2.72. The number of phenols is 1. The third-order valence-corrected chi connectivity index (χ3v) is 1.63. The minimum absolute atomic E-state index is 0.157. The van der Waals surface area contributed by atoms with Crippen molar-refractivity contribution in [2.45, 2.75) is 20.3 Å². The summed E-state index contributed by atoms with van der Waals surface area (Å²) in [5.41, 5.74) is 0.924. The van der Waals surface area contributed by atoms with Gasteiger partial charge in [-0.15, -0.1) is 0 Å². The zero-order valence-electron chi connectivity index (χ0n) is 8.78. The largest absolute Gasteiger partial charge is 0.508 e. The third kappa shape index (κ3) is 5.19. The summed E-state index contributed by atoms with van der Waals surface area (Å²) in [5.74, 6) is 0.211. The van der Waals surface area contributed by atoms with Gasteiger partial charge in [0.05, 0.1) is 7.11 Å². The van der Waals surface area contributed by atoms with E-state index < -0.39 is 0 Å². The number of carbonyl (C=O) groups is 1. The highest BCUT2D eigenvalue weighted by Gasteiger charge is 1.87. The van der Waals surface area contributed by atoms with Crippen LogP contribution in [0.4, 0.5) is 0 Å². The molecule has 0 aliphatic carbocycles. The van der Waals surface area contributed by atoms with E-state index in [9.17, 15) is 4.79 Å². The second-order valence-corrected chi connectivity index (χ2v) is 2.72. The molecule has 0 radical (unpaired) electrons. The van der Waals surface area contributed by atoms with Crippen molar-refractivity contribution in [1.82, 2.24) is 0 Å². The van der Waals surface area contributed by atoms with Gasteiger partial charge in [-0.2, -0.15) is 0 Å². The lowest BCUT2D eigenvalue weighted by Gasteiger charge is -1.92. The summed E-state index contributed by atoms with van der Waals surface area (Å²) in [6, 6.07) is 7.25. The van der Waals surface area contributed by atoms with Gasteiger partial charge in [-0.1, -0.05) is 25.1 Å². The minimum Gasteiger partial charge on any atom is -0.508 e. The van der Waals surface area contributed by atoms with Gasteiger partial charge >= 0.3 is 5.97 Å². The number of aromatic hydroxyl groups is 1. The highest BCUT2D eigenvalue weighted by Crippen LogP contribution is 2.12. The van der Waals surface area contributed by atoms with Gasteiger partial charge in [-0.25, -0.2) is 0 Å². The second kappa shape index (κ2) is 6.95. The quantitative estimate of drug-likeness (QED) is 0.701. The molecule has 0 amide bonds. The minimum atomic E-state index is -0.157. The summed E-state index contributed by atoms with van der Waals surface area (Å²) in [7, 11) is 1.38. The lowest BCUT2D eigenvalue weighted by Crippen LogP contribution is -1.94. The Kier molecular flexibility index (Phi) is 6.20. The number of benzene rings is 1. The van der Waals surface area contributed by atoms with Crippen LogP contribution in [0.3, 0.4) is 0 Å². The first-order chi connectivity index (χ1) is 6.61. The molecule has 3 nitrogen and oxygen atoms in total. The highest BCUT2D eigenvalue weighted by molar-refractivity contribution is 5.68. The van der Waals surface area contributed by atoms with Gasteiger partial charge in [-0.05, 0) is 18.6 Å². The Morgan fingerprint density at radius 2 is 2.00 bits per heavy atom. The Labute approximate surface area is 84.3 Å². The summed E-state index contributed by atoms with van der Waals surface area (Å²) < 4.78 is 4.26. The summed E-state index contributed by atoms with van der Waals surface area (Å²) in [4.78, 5) is 9.96. The Balaban J connectivity index is 0.000000255. The standard InChI is InChI=1S/C7H8O.C4H8O2/c1-6-4-2-3-5-7(6)8;1-3-4(5)6-2/h2-5,8H,1H3;3H2,1-2H3. The number of hydrogen-bond acceptors (Lipinski definition) is 3. The molecule has 0 saturated carbocycles. The van der Waals surface area contributed by atoms with Crippen molar-refractivity contribution in [2.24, 2.45) is 0 Å². The molecule has 0 spiro atoms. The predicted octanol–water partition coefficient (Wildman–Crippen LogP) is 2.27. The number of rotatable bonds is 1. The highest BCUT2D eigenvalue weighted by atomic mass is 16.5. The zero-order chi connectivity index (χ0) is 11.0. The molecular weight excluding hydrogens is 180 g/mol. The van der Waals surface area contributed by atoms with Crippen molar-refractivity contribution < 1.29 is 14.6 Å². The lowest BCUT2D eigenvalue weighted by molar-refractivity contribution is -0.140. The number of phenolic OH excluding ortho intramolecular Hbond substituents is 1. The van der Waals surface area contributed by atoms with Gasteiger partial charge < -0.3 is 9.84 Å². The van der Waals surface area contributed by atoms with E-state index in [1.807, 2.05) is 25.1 Å². The van der Waals surface area contributed by atoms with E-state index in [1.165, 1.54) is 7.11 Å². The zero-order valence-corrected chi connectivity index (χ0v) is 8.78. The van der Waals surface area contributed by atoms with Crippen molar-refractivity contribution in [3.63, 3.8) is 0 Å². The van der Waals surface area contributed by atoms with Crippen LogP contribution in [0, 0.1) is 6.92 Å². The van der Waals surface area contributed by atoms with Crippen LogP contribution in [0.1, 0.15) is 18.9 Å². The fourth-order valence-corrected chi connectivity index (χ4v) is 0.708. The molecule has 0 aliphatic heterocycles. The van der Waals surface area contributed by atoms with Crippen LogP contribution in [0.5, 0.6) is 5.75 Å². The fraction of sp³-hybridized carbons (Fsp3) is 0.364. The van der Waals surface area contributed by atoms with Gasteiger partial charge in [0, 0.05) is 6.42 Å². The number of carbonyl (C=O) groups excluding carboxylic acids is 1. The Hall–Kier alpha value is -1.51. The van der Waals surface area contributed by atoms with Gasteiger partial charge in [0.1, 0.15) is 5.75 Å². The van der Waals surface area contributed by atoms with E-state index in [-0.39, 0.29) is 5.97 Å². The van der Waals surface area contributed by atoms with Crippen LogP contribution in [0.2, 0.25) is 0 Å². The first-order valence-electron chi connectivity index (χ1n) is 4.43. The summed E-state index contributed by atoms with van der Waals surface area (Å²) in [6.45, 7) is 3.63. The molecule has 0 fully saturated rings. The average Bonchev–Trinajstić information content (AvgIpc) is 2.22. The van der Waals surface area contributed by atoms with Crippen LogP contribution in [-0.2, 0) is 9.53 Å². The Morgan fingerprint density at radius 1 is 1.43 bits per heavy atom. The van der Waals surface area contributed by atoms with E-state index in [0.717, 1.165) is 5.56 Å². The molecule has 0 aromatic heterocycles. The van der Waals surface area contributed by atoms with Gasteiger partial charge in [-0.3, -0.25) is 4.79 Å². The maximum Gasteiger partial charge on any atom is 0.305 e. The van der Waals surface area contributed by atoms with Crippen molar-refractivity contribution in [1.29, 1.82) is 0 Å². The maximum atomic E-state index is 9.96. The molecule has 1 aromatic rings. The predicted molar refractivity (Wildman–Crippen MR) is 55.2 cm³/mol. The molecule has 3 heteroatoms. The van der Waals surface area contributed by atoms with Gasteiger partial charge in [0.15, 0.2) is 0 Å². The first kappa shape index (κ1) is 12.5. The van der Waals surface area contributed by atoms with E-state index >= 15 is 0 Å². The molecule has 0 atom stereocenters. The molecule has 0 unspecified atom stereocenters. The first-order valence-corrected chi connectivity index (χ1v) is 4.43. The third-order valence-electron chi connectivity index (χ3n) is 1.63. The molecule has 0 heterocycles. The number of aryl methyl sites for hydroxylation is 1. The average molecular weight is 196 g/mol. The molecule has 14 heavy (non-hydrogen) atoms. The smallest absolute Gasteiger partial charge is 0.305 e. The fourth-order valence-electron chi connectivity index (χ4n) is 0.708. The lowest BCUT2D eigenvalue weighted by atomic mass is 10.2. The molecule has 1 N–H and O–H groups in total. The molecule has 1 rings (SSSR count). The van der Waals surface area contributed by atoms with Crippen LogP contribution in [-0.4, -0.2) is 18.2 Å². The van der Waals surface area contributed by atoms with Gasteiger partial charge in [0.2, 0.25) is 0 Å². The summed E-state index contributed by atoms with van der Waals surface area (Å²) >= 11 is 0. The number of ether oxygens (including phenoxy) is 1. The van der Waals surface area contributed by atoms with Crippen molar-refractivity contribution >= 4 is 5.97 Å². The number of methoxy groups -OCH3 is 1. The molecule has 1 aromatic carbocycles. The molecule has 0 aliphatic rings. The number of hydrogen-bond donors (Lipinski definition) is 1. The molecule has 78 valence electrons. The summed E-state index contributed by atoms with van der Waals surface area (Å²) in [6.07, 6.45) is 0.469. The van der Waals surface area contributed by atoms with Crippen LogP contribution in [0.25, 0.3) is 0 Å². The van der Waals surface area contributed by atoms with Crippen molar-refractivity contribution in [2.75, 3.05) is 7.11 Å².